The van der Waals surface area contributed by atoms with E-state index in [1.54, 1.807) is 38.4 Å². The maximum Gasteiger partial charge on any atom is 0.251 e. The lowest BCUT2D eigenvalue weighted by atomic mass is 10.2. The van der Waals surface area contributed by atoms with Crippen molar-refractivity contribution in [3.63, 3.8) is 0 Å². The van der Waals surface area contributed by atoms with Crippen molar-refractivity contribution in [3.05, 3.63) is 29.8 Å². The highest BCUT2D eigenvalue weighted by Gasteiger charge is 2.05. The standard InChI is InChI=1S/C14H21N3O3.ClH/c1-15-8-7-13(18)16-9-10-17-14(19)11-3-5-12(20-2)6-4-11;/h3-6,15H,7-10H2,1-2H3,(H,16,18)(H,17,19);1H. The first-order valence-corrected chi connectivity index (χ1v) is 6.51. The maximum absolute atomic E-state index is 11.8. The number of amides is 2. The van der Waals surface area contributed by atoms with Gasteiger partial charge in [-0.25, -0.2) is 0 Å². The molecule has 21 heavy (non-hydrogen) atoms. The van der Waals surface area contributed by atoms with Gasteiger partial charge in [-0.05, 0) is 31.3 Å². The molecule has 0 saturated carbocycles. The van der Waals surface area contributed by atoms with Crippen LogP contribution in [0.1, 0.15) is 16.8 Å². The number of hydrogen-bond acceptors (Lipinski definition) is 4. The number of ether oxygens (including phenoxy) is 1. The molecular weight excluding hydrogens is 294 g/mol. The van der Waals surface area contributed by atoms with Crippen LogP contribution in [0.3, 0.4) is 0 Å². The molecule has 0 fully saturated rings. The van der Waals surface area contributed by atoms with Gasteiger partial charge in [-0.15, -0.1) is 12.4 Å². The second-order valence-corrected chi connectivity index (χ2v) is 4.19. The van der Waals surface area contributed by atoms with Crippen LogP contribution in [0.5, 0.6) is 5.75 Å². The molecule has 0 aliphatic carbocycles. The average Bonchev–Trinajstić information content (AvgIpc) is 2.49. The Morgan fingerprint density at radius 2 is 1.67 bits per heavy atom. The number of rotatable bonds is 8. The molecule has 3 N–H and O–H groups in total. The second-order valence-electron chi connectivity index (χ2n) is 4.19. The zero-order valence-corrected chi connectivity index (χ0v) is 13.1. The van der Waals surface area contributed by atoms with Crippen molar-refractivity contribution in [1.82, 2.24) is 16.0 Å². The van der Waals surface area contributed by atoms with Crippen molar-refractivity contribution < 1.29 is 14.3 Å². The van der Waals surface area contributed by atoms with Gasteiger partial charge in [-0.3, -0.25) is 9.59 Å². The summed E-state index contributed by atoms with van der Waals surface area (Å²) in [5.74, 6) is 0.508. The number of halogens is 1. The first kappa shape index (κ1) is 19.2. The van der Waals surface area contributed by atoms with Crippen molar-refractivity contribution in [2.75, 3.05) is 33.8 Å². The minimum absolute atomic E-state index is 0. The maximum atomic E-state index is 11.8. The minimum atomic E-state index is -0.169. The number of carbonyl (C=O) groups is 2. The van der Waals surface area contributed by atoms with Gasteiger partial charge in [0.1, 0.15) is 5.75 Å². The van der Waals surface area contributed by atoms with Crippen LogP contribution in [-0.4, -0.2) is 45.6 Å². The van der Waals surface area contributed by atoms with E-state index < -0.39 is 0 Å². The first-order valence-electron chi connectivity index (χ1n) is 6.51. The van der Waals surface area contributed by atoms with E-state index in [1.807, 2.05) is 0 Å². The van der Waals surface area contributed by atoms with E-state index in [9.17, 15) is 9.59 Å². The third kappa shape index (κ3) is 7.53. The molecule has 6 nitrogen and oxygen atoms in total. The zero-order valence-electron chi connectivity index (χ0n) is 12.3. The molecule has 118 valence electrons. The van der Waals surface area contributed by atoms with E-state index >= 15 is 0 Å². The fraction of sp³-hybridized carbons (Fsp3) is 0.429. The minimum Gasteiger partial charge on any atom is -0.497 e. The molecule has 0 saturated heterocycles. The quantitative estimate of drug-likeness (QED) is 0.613. The van der Waals surface area contributed by atoms with Gasteiger partial charge in [0.05, 0.1) is 7.11 Å². The second kappa shape index (κ2) is 10.9. The summed E-state index contributed by atoms with van der Waals surface area (Å²) in [6.45, 7) is 1.46. The molecule has 7 heteroatoms. The Hall–Kier alpha value is -1.79. The van der Waals surface area contributed by atoms with E-state index in [0.29, 0.717) is 37.4 Å². The molecule has 0 spiro atoms. The summed E-state index contributed by atoms with van der Waals surface area (Å²) in [4.78, 5) is 23.1. The molecule has 0 radical (unpaired) electrons. The summed E-state index contributed by atoms with van der Waals surface area (Å²) in [6, 6.07) is 6.85. The van der Waals surface area contributed by atoms with Crippen LogP contribution in [-0.2, 0) is 4.79 Å². The Bertz CT molecular complexity index is 438. The van der Waals surface area contributed by atoms with E-state index in [-0.39, 0.29) is 24.2 Å². The Balaban J connectivity index is 0.00000400. The Morgan fingerprint density at radius 1 is 1.05 bits per heavy atom. The number of carbonyl (C=O) groups excluding carboxylic acids is 2. The van der Waals surface area contributed by atoms with Gasteiger partial charge in [0.15, 0.2) is 0 Å². The topological polar surface area (TPSA) is 79.5 Å². The first-order chi connectivity index (χ1) is 9.67. The van der Waals surface area contributed by atoms with E-state index in [1.165, 1.54) is 0 Å². The number of hydrogen-bond donors (Lipinski definition) is 3. The molecule has 0 aliphatic rings. The Kier molecular flexibility index (Phi) is 10.0. The summed E-state index contributed by atoms with van der Waals surface area (Å²) in [5.41, 5.74) is 0.562. The highest BCUT2D eigenvalue weighted by Crippen LogP contribution is 2.10. The van der Waals surface area contributed by atoms with Crippen LogP contribution >= 0.6 is 12.4 Å². The van der Waals surface area contributed by atoms with Crippen molar-refractivity contribution in [2.24, 2.45) is 0 Å². The molecule has 1 aromatic carbocycles. The lowest BCUT2D eigenvalue weighted by Crippen LogP contribution is -2.35. The number of benzene rings is 1. The van der Waals surface area contributed by atoms with Gasteiger partial charge >= 0.3 is 0 Å². The third-order valence-corrected chi connectivity index (χ3v) is 2.69. The van der Waals surface area contributed by atoms with E-state index in [4.69, 9.17) is 4.74 Å². The van der Waals surface area contributed by atoms with Gasteiger partial charge in [-0.2, -0.15) is 0 Å². The van der Waals surface area contributed by atoms with Crippen molar-refractivity contribution >= 4 is 24.2 Å². The molecule has 1 aromatic rings. The molecule has 0 bridgehead atoms. The summed E-state index contributed by atoms with van der Waals surface area (Å²) in [6.07, 6.45) is 0.433. The molecular formula is C14H22ClN3O3. The molecule has 0 aliphatic heterocycles. The largest absolute Gasteiger partial charge is 0.497 e. The van der Waals surface area contributed by atoms with Gasteiger partial charge in [0.25, 0.3) is 5.91 Å². The van der Waals surface area contributed by atoms with Gasteiger partial charge in [-0.1, -0.05) is 0 Å². The summed E-state index contributed by atoms with van der Waals surface area (Å²) in [7, 11) is 3.37. The number of methoxy groups -OCH3 is 1. The van der Waals surface area contributed by atoms with E-state index in [0.717, 1.165) is 0 Å². The fourth-order valence-corrected chi connectivity index (χ4v) is 1.55. The third-order valence-electron chi connectivity index (χ3n) is 2.69. The van der Waals surface area contributed by atoms with Crippen LogP contribution in [0.15, 0.2) is 24.3 Å². The van der Waals surface area contributed by atoms with E-state index in [2.05, 4.69) is 16.0 Å². The van der Waals surface area contributed by atoms with Crippen molar-refractivity contribution in [1.29, 1.82) is 0 Å². The average molecular weight is 316 g/mol. The summed E-state index contributed by atoms with van der Waals surface area (Å²) < 4.78 is 5.02. The Morgan fingerprint density at radius 3 is 2.24 bits per heavy atom. The summed E-state index contributed by atoms with van der Waals surface area (Å²) in [5, 5.41) is 8.36. The molecule has 1 rings (SSSR count). The highest BCUT2D eigenvalue weighted by atomic mass is 35.5. The van der Waals surface area contributed by atoms with Gasteiger partial charge in [0, 0.05) is 31.6 Å². The van der Waals surface area contributed by atoms with Gasteiger partial charge < -0.3 is 20.7 Å². The van der Waals surface area contributed by atoms with Crippen LogP contribution in [0.4, 0.5) is 0 Å². The van der Waals surface area contributed by atoms with Gasteiger partial charge in [0.2, 0.25) is 5.91 Å². The Labute approximate surface area is 131 Å². The fourth-order valence-electron chi connectivity index (χ4n) is 1.55. The van der Waals surface area contributed by atoms with Crippen LogP contribution in [0.2, 0.25) is 0 Å². The van der Waals surface area contributed by atoms with Crippen LogP contribution in [0.25, 0.3) is 0 Å². The van der Waals surface area contributed by atoms with Crippen LogP contribution in [0, 0.1) is 0 Å². The smallest absolute Gasteiger partial charge is 0.251 e. The molecule has 2 amide bonds. The molecule has 0 heterocycles. The summed E-state index contributed by atoms with van der Waals surface area (Å²) >= 11 is 0. The predicted molar refractivity (Wildman–Crippen MR) is 84.1 cm³/mol. The SMILES string of the molecule is CNCCC(=O)NCCNC(=O)c1ccc(OC)cc1.Cl. The predicted octanol–water partition coefficient (Wildman–Crippen LogP) is 0.572. The number of nitrogens with one attached hydrogen (secondary N) is 3. The van der Waals surface area contributed by atoms with Crippen molar-refractivity contribution in [3.8, 4) is 5.75 Å². The zero-order chi connectivity index (χ0) is 14.8. The molecule has 0 unspecified atom stereocenters. The van der Waals surface area contributed by atoms with Crippen LogP contribution < -0.4 is 20.7 Å². The molecule has 0 atom stereocenters. The highest BCUT2D eigenvalue weighted by molar-refractivity contribution is 5.94. The normalized spacial score (nSPS) is 9.43. The molecule has 0 aromatic heterocycles. The monoisotopic (exact) mass is 315 g/mol. The van der Waals surface area contributed by atoms with Crippen molar-refractivity contribution in [2.45, 2.75) is 6.42 Å². The lowest BCUT2D eigenvalue weighted by Gasteiger charge is -2.07. The lowest BCUT2D eigenvalue weighted by molar-refractivity contribution is -0.120.